The summed E-state index contributed by atoms with van der Waals surface area (Å²) in [5, 5.41) is 6.25. The lowest BCUT2D eigenvalue weighted by Gasteiger charge is -2.44. The molecule has 168 valence electrons. The van der Waals surface area contributed by atoms with Crippen LogP contribution in [0, 0.1) is 0 Å². The fraction of sp³-hybridized carbons (Fsp3) is 0.417. The lowest BCUT2D eigenvalue weighted by molar-refractivity contribution is -0.127. The van der Waals surface area contributed by atoms with E-state index < -0.39 is 5.54 Å². The summed E-state index contributed by atoms with van der Waals surface area (Å²) in [7, 11) is 3.14. The topological polar surface area (TPSA) is 72.8 Å². The van der Waals surface area contributed by atoms with Crippen LogP contribution in [0.15, 0.2) is 35.7 Å². The van der Waals surface area contributed by atoms with Gasteiger partial charge in [-0.05, 0) is 49.4 Å². The van der Waals surface area contributed by atoms with Crippen LogP contribution in [0.3, 0.4) is 0 Å². The lowest BCUT2D eigenvalue weighted by Crippen LogP contribution is -2.65. The van der Waals surface area contributed by atoms with Gasteiger partial charge in [0.25, 0.3) is 5.91 Å². The Morgan fingerprint density at radius 3 is 2.66 bits per heavy atom. The molecule has 0 spiro atoms. The van der Waals surface area contributed by atoms with Crippen molar-refractivity contribution in [3.63, 3.8) is 0 Å². The fourth-order valence-electron chi connectivity index (χ4n) is 4.96. The molecule has 8 heteroatoms. The van der Waals surface area contributed by atoms with Crippen molar-refractivity contribution in [1.82, 2.24) is 9.88 Å². The van der Waals surface area contributed by atoms with E-state index in [1.54, 1.807) is 48.7 Å². The highest BCUT2D eigenvalue weighted by Gasteiger charge is 2.50. The molecule has 1 aliphatic heterocycles. The number of carbonyl (C=O) groups excluding carboxylic acids is 2. The zero-order valence-electron chi connectivity index (χ0n) is 18.5. The number of amides is 2. The van der Waals surface area contributed by atoms with Gasteiger partial charge in [0.15, 0.2) is 0 Å². The van der Waals surface area contributed by atoms with Crippen molar-refractivity contribution in [2.75, 3.05) is 19.1 Å². The molecule has 7 nitrogen and oxygen atoms in total. The zero-order chi connectivity index (χ0) is 22.5. The molecule has 1 fully saturated rings. The first-order valence-electron chi connectivity index (χ1n) is 10.9. The van der Waals surface area contributed by atoms with Gasteiger partial charge in [0.1, 0.15) is 27.6 Å². The normalized spacial score (nSPS) is 21.1. The quantitative estimate of drug-likeness (QED) is 0.629. The number of methoxy groups -OCH3 is 2. The Morgan fingerprint density at radius 1 is 1.16 bits per heavy atom. The third-order valence-electron chi connectivity index (χ3n) is 6.69. The van der Waals surface area contributed by atoms with Gasteiger partial charge in [0, 0.05) is 17.5 Å². The first-order chi connectivity index (χ1) is 15.5. The number of nitrogens with one attached hydrogen (secondary N) is 1. The van der Waals surface area contributed by atoms with Crippen molar-refractivity contribution >= 4 is 39.1 Å². The fourth-order valence-corrected chi connectivity index (χ4v) is 5.85. The summed E-state index contributed by atoms with van der Waals surface area (Å²) in [4.78, 5) is 30.3. The van der Waals surface area contributed by atoms with Crippen LogP contribution in [-0.2, 0) is 11.3 Å². The van der Waals surface area contributed by atoms with Crippen LogP contribution >= 0.6 is 11.3 Å². The zero-order valence-corrected chi connectivity index (χ0v) is 19.3. The third kappa shape index (κ3) is 3.16. The van der Waals surface area contributed by atoms with Crippen molar-refractivity contribution in [2.24, 2.45) is 0 Å². The highest BCUT2D eigenvalue weighted by molar-refractivity contribution is 7.16. The first kappa shape index (κ1) is 20.9. The molecule has 0 bridgehead atoms. The molecule has 1 aromatic carbocycles. The highest BCUT2D eigenvalue weighted by Crippen LogP contribution is 2.42. The maximum absolute atomic E-state index is 13.9. The first-order valence-corrected chi connectivity index (χ1v) is 11.8. The van der Waals surface area contributed by atoms with E-state index in [0.717, 1.165) is 35.9 Å². The third-order valence-corrected chi connectivity index (χ3v) is 7.64. The van der Waals surface area contributed by atoms with E-state index in [4.69, 9.17) is 9.47 Å². The molecule has 3 aromatic rings. The van der Waals surface area contributed by atoms with Gasteiger partial charge in [-0.15, -0.1) is 11.3 Å². The molecule has 1 saturated carbocycles. The van der Waals surface area contributed by atoms with Crippen LogP contribution < -0.4 is 19.7 Å². The summed E-state index contributed by atoms with van der Waals surface area (Å²) in [6.07, 6.45) is 4.19. The molecule has 1 unspecified atom stereocenters. The average Bonchev–Trinajstić information content (AvgIpc) is 3.53. The van der Waals surface area contributed by atoms with Crippen molar-refractivity contribution in [1.29, 1.82) is 0 Å². The Morgan fingerprint density at radius 2 is 1.94 bits per heavy atom. The van der Waals surface area contributed by atoms with Gasteiger partial charge in [0.05, 0.1) is 26.5 Å². The minimum absolute atomic E-state index is 0.139. The molecular weight excluding hydrogens is 426 g/mol. The van der Waals surface area contributed by atoms with Crippen LogP contribution in [0.4, 0.5) is 5.69 Å². The molecule has 1 N–H and O–H groups in total. The van der Waals surface area contributed by atoms with Gasteiger partial charge in [0.2, 0.25) is 5.91 Å². The number of fused-ring (bicyclic) bond motifs is 3. The standard InChI is InChI=1S/C24H27N3O4S/c1-24(23(29)25-16-6-4-5-7-16)14-26-19(12-15-10-11-32-22(15)26)21(28)27(24)18-9-8-17(30-2)13-20(18)31-3/h8-13,16H,4-7,14H2,1-3H3,(H,25,29). The largest absolute Gasteiger partial charge is 0.497 e. The van der Waals surface area contributed by atoms with Crippen LogP contribution in [-0.4, -0.2) is 42.2 Å². The number of carbonyl (C=O) groups is 2. The number of benzene rings is 1. The van der Waals surface area contributed by atoms with E-state index in [0.29, 0.717) is 29.4 Å². The molecule has 5 rings (SSSR count). The summed E-state index contributed by atoms with van der Waals surface area (Å²) >= 11 is 1.58. The second-order valence-corrected chi connectivity index (χ2v) is 9.60. The number of nitrogens with zero attached hydrogens (tertiary/aromatic N) is 2. The predicted octanol–water partition coefficient (Wildman–Crippen LogP) is 4.20. The van der Waals surface area contributed by atoms with E-state index in [1.165, 1.54) is 0 Å². The van der Waals surface area contributed by atoms with E-state index >= 15 is 0 Å². The summed E-state index contributed by atoms with van der Waals surface area (Å²) in [6, 6.07) is 9.38. The predicted molar refractivity (Wildman–Crippen MR) is 125 cm³/mol. The minimum Gasteiger partial charge on any atom is -0.497 e. The Labute approximate surface area is 190 Å². The Hall–Kier alpha value is -3.00. The molecule has 32 heavy (non-hydrogen) atoms. The van der Waals surface area contributed by atoms with Crippen molar-refractivity contribution < 1.29 is 19.1 Å². The van der Waals surface area contributed by atoms with Crippen molar-refractivity contribution in [3.05, 3.63) is 41.4 Å². The second-order valence-electron chi connectivity index (χ2n) is 8.70. The summed E-state index contributed by atoms with van der Waals surface area (Å²) in [5.74, 6) is 0.752. The Balaban J connectivity index is 1.65. The Bertz CT molecular complexity index is 1190. The molecule has 1 atom stereocenters. The molecule has 2 amide bonds. The van der Waals surface area contributed by atoms with Crippen LogP contribution in [0.1, 0.15) is 43.1 Å². The molecule has 0 saturated heterocycles. The Kier molecular flexibility index (Phi) is 5.12. The number of hydrogen-bond donors (Lipinski definition) is 1. The monoisotopic (exact) mass is 453 g/mol. The molecule has 1 aliphatic carbocycles. The SMILES string of the molecule is COc1ccc(N2C(=O)c3cc4ccsc4n3CC2(C)C(=O)NC2CCCC2)c(OC)c1. The summed E-state index contributed by atoms with van der Waals surface area (Å²) in [6.45, 7) is 2.22. The number of thiophene rings is 1. The van der Waals surface area contributed by atoms with Crippen molar-refractivity contribution in [2.45, 2.75) is 50.7 Å². The second kappa shape index (κ2) is 7.85. The van der Waals surface area contributed by atoms with Gasteiger partial charge < -0.3 is 19.4 Å². The molecular formula is C24H27N3O4S. The highest BCUT2D eigenvalue weighted by atomic mass is 32.1. The summed E-state index contributed by atoms with van der Waals surface area (Å²) in [5.41, 5.74) is 0.0128. The summed E-state index contributed by atoms with van der Waals surface area (Å²) < 4.78 is 12.9. The van der Waals surface area contributed by atoms with Gasteiger partial charge in [-0.2, -0.15) is 0 Å². The van der Waals surface area contributed by atoms with E-state index in [2.05, 4.69) is 5.32 Å². The number of ether oxygens (including phenoxy) is 2. The lowest BCUT2D eigenvalue weighted by atomic mass is 9.93. The van der Waals surface area contributed by atoms with Gasteiger partial charge >= 0.3 is 0 Å². The molecule has 0 radical (unpaired) electrons. The minimum atomic E-state index is -1.12. The van der Waals surface area contributed by atoms with Crippen molar-refractivity contribution in [3.8, 4) is 11.5 Å². The smallest absolute Gasteiger partial charge is 0.276 e. The van der Waals surface area contributed by atoms with E-state index in [-0.39, 0.29) is 17.9 Å². The van der Waals surface area contributed by atoms with Gasteiger partial charge in [-0.25, -0.2) is 0 Å². The maximum atomic E-state index is 13.9. The van der Waals surface area contributed by atoms with E-state index in [1.807, 2.05) is 29.0 Å². The van der Waals surface area contributed by atoms with Crippen LogP contribution in [0.2, 0.25) is 0 Å². The van der Waals surface area contributed by atoms with Gasteiger partial charge in [-0.3, -0.25) is 14.5 Å². The maximum Gasteiger partial charge on any atom is 0.276 e. The molecule has 2 aliphatic rings. The number of rotatable bonds is 5. The molecule has 2 aromatic heterocycles. The van der Waals surface area contributed by atoms with Gasteiger partial charge in [-0.1, -0.05) is 12.8 Å². The number of anilines is 1. The molecule has 3 heterocycles. The average molecular weight is 454 g/mol. The van der Waals surface area contributed by atoms with E-state index in [9.17, 15) is 9.59 Å². The number of aromatic nitrogens is 1. The van der Waals surface area contributed by atoms with Crippen LogP contribution in [0.5, 0.6) is 11.5 Å². The number of hydrogen-bond acceptors (Lipinski definition) is 5. The van der Waals surface area contributed by atoms with Crippen LogP contribution in [0.25, 0.3) is 10.2 Å².